The average molecular weight is 352 g/mol. The molecule has 0 radical (unpaired) electrons. The standard InChI is InChI=1S/C15H18ClN5O3/c1-21(2)14-17-7-9(8-18-14)19-15(22)20-11-5-10(16)12(23-3)6-13(11)24-4/h5-8H,1-4H3,(H2,19,20,22). The first-order valence-corrected chi connectivity index (χ1v) is 7.31. The molecule has 0 atom stereocenters. The summed E-state index contributed by atoms with van der Waals surface area (Å²) in [5.74, 6) is 1.42. The molecule has 0 aliphatic carbocycles. The third-order valence-corrected chi connectivity index (χ3v) is 3.31. The molecule has 8 nitrogen and oxygen atoms in total. The Balaban J connectivity index is 2.10. The number of nitrogens with one attached hydrogen (secondary N) is 2. The van der Waals surface area contributed by atoms with Crippen molar-refractivity contribution in [3.8, 4) is 11.5 Å². The summed E-state index contributed by atoms with van der Waals surface area (Å²) < 4.78 is 10.3. The van der Waals surface area contributed by atoms with E-state index in [1.165, 1.54) is 26.6 Å². The fourth-order valence-corrected chi connectivity index (χ4v) is 2.10. The molecule has 1 heterocycles. The first-order valence-electron chi connectivity index (χ1n) is 6.93. The second-order valence-corrected chi connectivity index (χ2v) is 5.34. The monoisotopic (exact) mass is 351 g/mol. The number of nitrogens with zero attached hydrogens (tertiary/aromatic N) is 3. The highest BCUT2D eigenvalue weighted by molar-refractivity contribution is 6.32. The summed E-state index contributed by atoms with van der Waals surface area (Å²) in [5.41, 5.74) is 0.864. The molecule has 1 aromatic carbocycles. The van der Waals surface area contributed by atoms with Gasteiger partial charge in [-0.25, -0.2) is 14.8 Å². The molecule has 2 aromatic rings. The molecule has 2 amide bonds. The van der Waals surface area contributed by atoms with Gasteiger partial charge in [0.05, 0.1) is 43.0 Å². The number of benzene rings is 1. The maximum absolute atomic E-state index is 12.1. The molecule has 9 heteroatoms. The molecule has 0 saturated carbocycles. The van der Waals surface area contributed by atoms with Crippen LogP contribution in [0.3, 0.4) is 0 Å². The van der Waals surface area contributed by atoms with Gasteiger partial charge >= 0.3 is 6.03 Å². The van der Waals surface area contributed by atoms with Crippen molar-refractivity contribution in [3.05, 3.63) is 29.5 Å². The van der Waals surface area contributed by atoms with Crippen molar-refractivity contribution in [2.45, 2.75) is 0 Å². The fourth-order valence-electron chi connectivity index (χ4n) is 1.86. The highest BCUT2D eigenvalue weighted by atomic mass is 35.5. The van der Waals surface area contributed by atoms with E-state index in [1.54, 1.807) is 17.0 Å². The average Bonchev–Trinajstić information content (AvgIpc) is 2.55. The van der Waals surface area contributed by atoms with E-state index in [4.69, 9.17) is 21.1 Å². The van der Waals surface area contributed by atoms with Crippen LogP contribution in [0.5, 0.6) is 11.5 Å². The van der Waals surface area contributed by atoms with E-state index in [9.17, 15) is 4.79 Å². The van der Waals surface area contributed by atoms with Gasteiger partial charge in [0.15, 0.2) is 0 Å². The zero-order valence-electron chi connectivity index (χ0n) is 13.8. The predicted molar refractivity (Wildman–Crippen MR) is 93.6 cm³/mol. The van der Waals surface area contributed by atoms with Gasteiger partial charge in [0.25, 0.3) is 0 Å². The predicted octanol–water partition coefficient (Wildman–Crippen LogP) is 2.86. The Morgan fingerprint density at radius 2 is 1.71 bits per heavy atom. The van der Waals surface area contributed by atoms with E-state index in [1.807, 2.05) is 14.1 Å². The number of carbonyl (C=O) groups excluding carboxylic acids is 1. The van der Waals surface area contributed by atoms with Crippen molar-refractivity contribution in [2.75, 3.05) is 43.8 Å². The first kappa shape index (κ1) is 17.6. The highest BCUT2D eigenvalue weighted by Gasteiger charge is 2.13. The SMILES string of the molecule is COc1cc(OC)c(NC(=O)Nc2cnc(N(C)C)nc2)cc1Cl. The number of urea groups is 1. The molecular weight excluding hydrogens is 334 g/mol. The summed E-state index contributed by atoms with van der Waals surface area (Å²) in [6, 6.07) is 2.66. The lowest BCUT2D eigenvalue weighted by Gasteiger charge is -2.14. The minimum absolute atomic E-state index is 0.354. The lowest BCUT2D eigenvalue weighted by atomic mass is 10.2. The second kappa shape index (κ2) is 7.69. The van der Waals surface area contributed by atoms with E-state index in [0.717, 1.165) is 0 Å². The lowest BCUT2D eigenvalue weighted by Crippen LogP contribution is -2.20. The number of halogens is 1. The summed E-state index contributed by atoms with van der Waals surface area (Å²) in [7, 11) is 6.64. The lowest BCUT2D eigenvalue weighted by molar-refractivity contribution is 0.262. The molecule has 1 aromatic heterocycles. The molecule has 0 spiro atoms. The number of ether oxygens (including phenoxy) is 2. The van der Waals surface area contributed by atoms with Crippen LogP contribution >= 0.6 is 11.6 Å². The van der Waals surface area contributed by atoms with Crippen molar-refractivity contribution in [1.29, 1.82) is 0 Å². The topological polar surface area (TPSA) is 88.6 Å². The summed E-state index contributed by atoms with van der Waals surface area (Å²) >= 11 is 6.07. The van der Waals surface area contributed by atoms with Crippen molar-refractivity contribution in [1.82, 2.24) is 9.97 Å². The largest absolute Gasteiger partial charge is 0.495 e. The van der Waals surface area contributed by atoms with Gasteiger partial charge < -0.3 is 25.0 Å². The number of rotatable bonds is 5. The van der Waals surface area contributed by atoms with Crippen LogP contribution < -0.4 is 25.0 Å². The van der Waals surface area contributed by atoms with Crippen LogP contribution in [0.1, 0.15) is 0 Å². The van der Waals surface area contributed by atoms with Gasteiger partial charge in [-0.1, -0.05) is 11.6 Å². The highest BCUT2D eigenvalue weighted by Crippen LogP contribution is 2.35. The quantitative estimate of drug-likeness (QED) is 0.861. The van der Waals surface area contributed by atoms with Crippen molar-refractivity contribution >= 4 is 35.0 Å². The number of carbonyl (C=O) groups is 1. The normalized spacial score (nSPS) is 10.0. The molecule has 0 bridgehead atoms. The summed E-state index contributed by atoms with van der Waals surface area (Å²) in [6.45, 7) is 0. The number of hydrogen-bond donors (Lipinski definition) is 2. The third-order valence-electron chi connectivity index (χ3n) is 3.02. The Morgan fingerprint density at radius 3 is 2.25 bits per heavy atom. The molecule has 0 saturated heterocycles. The molecule has 24 heavy (non-hydrogen) atoms. The molecule has 0 fully saturated rings. The molecule has 0 unspecified atom stereocenters. The van der Waals surface area contributed by atoms with E-state index in [-0.39, 0.29) is 0 Å². The van der Waals surface area contributed by atoms with Crippen molar-refractivity contribution in [3.63, 3.8) is 0 Å². The van der Waals surface area contributed by atoms with Gasteiger partial charge in [0.1, 0.15) is 11.5 Å². The Hall–Kier alpha value is -2.74. The Kier molecular flexibility index (Phi) is 5.64. The Labute approximate surface area is 144 Å². The van der Waals surface area contributed by atoms with Gasteiger partial charge in [-0.3, -0.25) is 0 Å². The third kappa shape index (κ3) is 4.17. The number of aromatic nitrogens is 2. The van der Waals surface area contributed by atoms with Gasteiger partial charge in [0.2, 0.25) is 5.95 Å². The van der Waals surface area contributed by atoms with Crippen LogP contribution in [0.25, 0.3) is 0 Å². The maximum atomic E-state index is 12.1. The van der Waals surface area contributed by atoms with Crippen LogP contribution in [-0.2, 0) is 0 Å². The summed E-state index contributed by atoms with van der Waals surface area (Å²) in [5, 5.41) is 5.64. The van der Waals surface area contributed by atoms with E-state index < -0.39 is 6.03 Å². The fraction of sp³-hybridized carbons (Fsp3) is 0.267. The zero-order valence-corrected chi connectivity index (χ0v) is 14.5. The second-order valence-electron chi connectivity index (χ2n) is 4.93. The molecule has 2 N–H and O–H groups in total. The maximum Gasteiger partial charge on any atom is 0.323 e. The van der Waals surface area contributed by atoms with Crippen LogP contribution in [0.4, 0.5) is 22.1 Å². The van der Waals surface area contributed by atoms with E-state index >= 15 is 0 Å². The summed E-state index contributed by atoms with van der Waals surface area (Å²) in [4.78, 5) is 22.1. The van der Waals surface area contributed by atoms with Gasteiger partial charge in [-0.2, -0.15) is 0 Å². The number of hydrogen-bond acceptors (Lipinski definition) is 6. The first-order chi connectivity index (χ1) is 11.4. The van der Waals surface area contributed by atoms with Gasteiger partial charge in [-0.05, 0) is 6.07 Å². The van der Waals surface area contributed by atoms with E-state index in [0.29, 0.717) is 33.8 Å². The molecule has 128 valence electrons. The number of anilines is 3. The van der Waals surface area contributed by atoms with Crippen LogP contribution in [0.2, 0.25) is 5.02 Å². The van der Waals surface area contributed by atoms with Gasteiger partial charge in [0, 0.05) is 20.2 Å². The Morgan fingerprint density at radius 1 is 1.08 bits per heavy atom. The molecule has 2 rings (SSSR count). The van der Waals surface area contributed by atoms with Crippen molar-refractivity contribution in [2.24, 2.45) is 0 Å². The Bertz CT molecular complexity index is 722. The molecule has 0 aliphatic rings. The molecular formula is C15H18ClN5O3. The van der Waals surface area contributed by atoms with Crippen LogP contribution in [0.15, 0.2) is 24.5 Å². The summed E-state index contributed by atoms with van der Waals surface area (Å²) in [6.07, 6.45) is 3.03. The number of amides is 2. The zero-order chi connectivity index (χ0) is 17.7. The van der Waals surface area contributed by atoms with Crippen LogP contribution in [-0.4, -0.2) is 44.3 Å². The minimum Gasteiger partial charge on any atom is -0.495 e. The minimum atomic E-state index is -0.476. The van der Waals surface area contributed by atoms with Gasteiger partial charge in [-0.15, -0.1) is 0 Å². The number of methoxy groups -OCH3 is 2. The van der Waals surface area contributed by atoms with Crippen molar-refractivity contribution < 1.29 is 14.3 Å². The van der Waals surface area contributed by atoms with Crippen LogP contribution in [0, 0.1) is 0 Å². The van der Waals surface area contributed by atoms with E-state index in [2.05, 4.69) is 20.6 Å². The smallest absolute Gasteiger partial charge is 0.323 e. The molecule has 0 aliphatic heterocycles.